The summed E-state index contributed by atoms with van der Waals surface area (Å²) in [6, 6.07) is 0. The van der Waals surface area contributed by atoms with Gasteiger partial charge in [0.1, 0.15) is 0 Å². The molecule has 1 aromatic rings. The molecule has 0 bridgehead atoms. The minimum atomic E-state index is 0.668. The Kier molecular flexibility index (Phi) is 4.14. The Morgan fingerprint density at radius 1 is 1.50 bits per heavy atom. The van der Waals surface area contributed by atoms with Gasteiger partial charge in [-0.05, 0) is 24.5 Å². The van der Waals surface area contributed by atoms with Crippen LogP contribution in [0.3, 0.4) is 0 Å². The Labute approximate surface area is 98.3 Å². The molecule has 1 aliphatic carbocycles. The molecule has 1 saturated carbocycles. The molecule has 0 saturated heterocycles. The van der Waals surface area contributed by atoms with Crippen molar-refractivity contribution in [2.45, 2.75) is 31.4 Å². The molecule has 2 rings (SSSR count). The van der Waals surface area contributed by atoms with Gasteiger partial charge in [0.15, 0.2) is 4.47 Å². The number of thioether (sulfide) groups is 1. The fourth-order valence-electron chi connectivity index (χ4n) is 1.85. The minimum Gasteiger partial charge on any atom is -0.233 e. The second kappa shape index (κ2) is 5.38. The molecule has 0 aromatic carbocycles. The summed E-state index contributed by atoms with van der Waals surface area (Å²) in [4.78, 5) is 5.34. The van der Waals surface area contributed by atoms with E-state index >= 15 is 0 Å². The highest BCUT2D eigenvalue weighted by Crippen LogP contribution is 2.30. The first kappa shape index (κ1) is 10.8. The molecule has 78 valence electrons. The molecule has 1 nitrogen and oxygen atoms in total. The summed E-state index contributed by atoms with van der Waals surface area (Å²) in [5.74, 6) is 3.37. The summed E-state index contributed by atoms with van der Waals surface area (Å²) in [5, 5.41) is 0. The second-order valence-electron chi connectivity index (χ2n) is 3.75. The standard InChI is InChI=1S/C10H14ClNS2/c11-10-12-5-9(14-10)7-13-6-8-3-1-2-4-8/h5,8H,1-4,6-7H2. The molecular formula is C10H14ClNS2. The first-order chi connectivity index (χ1) is 6.84. The van der Waals surface area contributed by atoms with Crippen molar-refractivity contribution in [1.82, 2.24) is 4.98 Å². The van der Waals surface area contributed by atoms with Crippen LogP contribution in [0.25, 0.3) is 0 Å². The fraction of sp³-hybridized carbons (Fsp3) is 0.700. The molecule has 1 heterocycles. The summed E-state index contributed by atoms with van der Waals surface area (Å²) in [6.07, 6.45) is 7.66. The number of hydrogen-bond donors (Lipinski definition) is 0. The predicted molar refractivity (Wildman–Crippen MR) is 65.2 cm³/mol. The lowest BCUT2D eigenvalue weighted by Gasteiger charge is -2.06. The van der Waals surface area contributed by atoms with E-state index in [-0.39, 0.29) is 0 Å². The Morgan fingerprint density at radius 2 is 2.29 bits per heavy atom. The summed E-state index contributed by atoms with van der Waals surface area (Å²) in [5.41, 5.74) is 0. The summed E-state index contributed by atoms with van der Waals surface area (Å²) < 4.78 is 0.668. The summed E-state index contributed by atoms with van der Waals surface area (Å²) >= 11 is 9.40. The third-order valence-electron chi connectivity index (χ3n) is 2.60. The van der Waals surface area contributed by atoms with Crippen LogP contribution in [0, 0.1) is 5.92 Å². The first-order valence-corrected chi connectivity index (χ1v) is 7.37. The van der Waals surface area contributed by atoms with E-state index in [1.807, 2.05) is 18.0 Å². The van der Waals surface area contributed by atoms with E-state index in [2.05, 4.69) is 4.98 Å². The molecule has 0 atom stereocenters. The van der Waals surface area contributed by atoms with Crippen LogP contribution in [0.5, 0.6) is 0 Å². The molecule has 14 heavy (non-hydrogen) atoms. The molecule has 0 spiro atoms. The monoisotopic (exact) mass is 247 g/mol. The van der Waals surface area contributed by atoms with Crippen molar-refractivity contribution >= 4 is 34.7 Å². The van der Waals surface area contributed by atoms with Gasteiger partial charge < -0.3 is 0 Å². The molecule has 0 amide bonds. The van der Waals surface area contributed by atoms with Crippen LogP contribution in [0.15, 0.2) is 6.20 Å². The molecule has 1 fully saturated rings. The maximum Gasteiger partial charge on any atom is 0.183 e. The number of aromatic nitrogens is 1. The van der Waals surface area contributed by atoms with E-state index in [0.717, 1.165) is 11.7 Å². The van der Waals surface area contributed by atoms with Crippen LogP contribution < -0.4 is 0 Å². The van der Waals surface area contributed by atoms with Gasteiger partial charge in [-0.25, -0.2) is 4.98 Å². The van der Waals surface area contributed by atoms with Crippen molar-refractivity contribution in [3.8, 4) is 0 Å². The van der Waals surface area contributed by atoms with E-state index in [1.165, 1.54) is 36.3 Å². The summed E-state index contributed by atoms with van der Waals surface area (Å²) in [7, 11) is 0. The highest BCUT2D eigenvalue weighted by atomic mass is 35.5. The van der Waals surface area contributed by atoms with Gasteiger partial charge >= 0.3 is 0 Å². The van der Waals surface area contributed by atoms with Crippen molar-refractivity contribution < 1.29 is 0 Å². The van der Waals surface area contributed by atoms with Crippen molar-refractivity contribution in [2.75, 3.05) is 5.75 Å². The number of nitrogens with zero attached hydrogens (tertiary/aromatic N) is 1. The highest BCUT2D eigenvalue weighted by molar-refractivity contribution is 7.98. The SMILES string of the molecule is Clc1ncc(CSCC2CCCC2)s1. The number of hydrogen-bond acceptors (Lipinski definition) is 3. The van der Waals surface area contributed by atoms with Crippen LogP contribution in [0.1, 0.15) is 30.6 Å². The smallest absolute Gasteiger partial charge is 0.183 e. The van der Waals surface area contributed by atoms with Crippen LogP contribution in [0.4, 0.5) is 0 Å². The van der Waals surface area contributed by atoms with Gasteiger partial charge in [-0.3, -0.25) is 0 Å². The van der Waals surface area contributed by atoms with Gasteiger partial charge in [0.2, 0.25) is 0 Å². The maximum atomic E-state index is 5.76. The molecular weight excluding hydrogens is 234 g/mol. The van der Waals surface area contributed by atoms with Crippen LogP contribution in [0.2, 0.25) is 4.47 Å². The lowest BCUT2D eigenvalue weighted by atomic mass is 10.1. The van der Waals surface area contributed by atoms with Gasteiger partial charge in [0, 0.05) is 16.8 Å². The van der Waals surface area contributed by atoms with Crippen molar-refractivity contribution in [3.05, 3.63) is 15.5 Å². The van der Waals surface area contributed by atoms with Gasteiger partial charge in [0.25, 0.3) is 0 Å². The maximum absolute atomic E-state index is 5.76. The Morgan fingerprint density at radius 3 is 2.93 bits per heavy atom. The summed E-state index contributed by atoms with van der Waals surface area (Å²) in [6.45, 7) is 0. The van der Waals surface area contributed by atoms with E-state index < -0.39 is 0 Å². The van der Waals surface area contributed by atoms with E-state index in [9.17, 15) is 0 Å². The van der Waals surface area contributed by atoms with E-state index in [0.29, 0.717) is 4.47 Å². The quantitative estimate of drug-likeness (QED) is 0.790. The molecule has 1 aromatic heterocycles. The number of halogens is 1. The fourth-order valence-corrected chi connectivity index (χ4v) is 4.17. The Hall–Kier alpha value is 0.270. The van der Waals surface area contributed by atoms with Crippen LogP contribution >= 0.6 is 34.7 Å². The third kappa shape index (κ3) is 3.14. The van der Waals surface area contributed by atoms with Crippen LogP contribution in [-0.2, 0) is 5.75 Å². The second-order valence-corrected chi connectivity index (χ2v) is 6.47. The zero-order chi connectivity index (χ0) is 9.80. The largest absolute Gasteiger partial charge is 0.233 e. The zero-order valence-electron chi connectivity index (χ0n) is 8.04. The lowest BCUT2D eigenvalue weighted by Crippen LogP contribution is -1.96. The molecule has 0 radical (unpaired) electrons. The Bertz CT molecular complexity index is 281. The number of thiazole rings is 1. The third-order valence-corrected chi connectivity index (χ3v) is 5.12. The van der Waals surface area contributed by atoms with Gasteiger partial charge in [0.05, 0.1) is 0 Å². The van der Waals surface area contributed by atoms with E-state index in [1.54, 1.807) is 11.3 Å². The molecule has 4 heteroatoms. The van der Waals surface area contributed by atoms with Gasteiger partial charge in [-0.2, -0.15) is 11.8 Å². The minimum absolute atomic E-state index is 0.668. The first-order valence-electron chi connectivity index (χ1n) is 5.02. The van der Waals surface area contributed by atoms with Crippen molar-refractivity contribution in [3.63, 3.8) is 0 Å². The average Bonchev–Trinajstić information content (AvgIpc) is 2.77. The zero-order valence-corrected chi connectivity index (χ0v) is 10.4. The number of rotatable bonds is 4. The van der Waals surface area contributed by atoms with Crippen LogP contribution in [-0.4, -0.2) is 10.7 Å². The van der Waals surface area contributed by atoms with Gasteiger partial charge in [-0.15, -0.1) is 11.3 Å². The molecule has 0 aliphatic heterocycles. The normalized spacial score (nSPS) is 17.8. The highest BCUT2D eigenvalue weighted by Gasteiger charge is 2.14. The molecule has 0 unspecified atom stereocenters. The molecule has 0 N–H and O–H groups in total. The van der Waals surface area contributed by atoms with Crippen molar-refractivity contribution in [2.24, 2.45) is 5.92 Å². The van der Waals surface area contributed by atoms with Gasteiger partial charge in [-0.1, -0.05) is 24.4 Å². The topological polar surface area (TPSA) is 12.9 Å². The van der Waals surface area contributed by atoms with Crippen molar-refractivity contribution in [1.29, 1.82) is 0 Å². The average molecular weight is 248 g/mol. The Balaban J connectivity index is 1.67. The predicted octanol–water partition coefficient (Wildman–Crippen LogP) is 4.22. The molecule has 1 aliphatic rings. The van der Waals surface area contributed by atoms with E-state index in [4.69, 9.17) is 11.6 Å². The lowest BCUT2D eigenvalue weighted by molar-refractivity contribution is 0.623.